The summed E-state index contributed by atoms with van der Waals surface area (Å²) in [7, 11) is 3.30. The average Bonchev–Trinajstić information content (AvgIpc) is 3.86. The van der Waals surface area contributed by atoms with E-state index < -0.39 is 0 Å². The van der Waals surface area contributed by atoms with Crippen molar-refractivity contribution in [2.75, 3.05) is 58.4 Å². The van der Waals surface area contributed by atoms with Gasteiger partial charge in [-0.2, -0.15) is 0 Å². The fourth-order valence-electron chi connectivity index (χ4n) is 6.90. The summed E-state index contributed by atoms with van der Waals surface area (Å²) in [6.07, 6.45) is 4.17. The number of fused-ring (bicyclic) bond motifs is 1. The van der Waals surface area contributed by atoms with Crippen molar-refractivity contribution in [2.24, 2.45) is 0 Å². The largest absolute Gasteiger partial charge is 0.493 e. The molecule has 3 aromatic carbocycles. The Balaban J connectivity index is 1.23. The van der Waals surface area contributed by atoms with Gasteiger partial charge < -0.3 is 24.2 Å². The van der Waals surface area contributed by atoms with Crippen LogP contribution in [0.1, 0.15) is 65.7 Å². The van der Waals surface area contributed by atoms with E-state index in [1.165, 1.54) is 18.5 Å². The maximum atomic E-state index is 14.1. The molecule has 1 aliphatic carbocycles. The molecule has 0 spiro atoms. The number of anilines is 1. The average molecular weight is 601 g/mol. The van der Waals surface area contributed by atoms with E-state index in [1.54, 1.807) is 26.4 Å². The van der Waals surface area contributed by atoms with Crippen molar-refractivity contribution in [1.29, 1.82) is 0 Å². The number of likely N-dealkylation sites (N-methyl/N-ethyl adjacent to an activating group) is 1. The minimum absolute atomic E-state index is 0.0965. The first kappa shape index (κ1) is 30.4. The quantitative estimate of drug-likeness (QED) is 0.235. The number of hydrogen-bond acceptors (Lipinski definition) is 6. The number of methoxy groups -OCH3 is 2. The predicted octanol–water partition coefficient (Wildman–Crippen LogP) is 6.13. The van der Waals surface area contributed by atoms with Crippen LogP contribution in [0.5, 0.6) is 11.5 Å². The fraction of sp³-hybridized carbons (Fsp3) is 0.472. The second kappa shape index (κ2) is 13.6. The zero-order valence-corrected chi connectivity index (χ0v) is 26.3. The summed E-state index contributed by atoms with van der Waals surface area (Å²) < 4.78 is 24.7. The summed E-state index contributed by atoms with van der Waals surface area (Å²) in [4.78, 5) is 23.6. The topological polar surface area (TPSA) is 48.5 Å². The lowest BCUT2D eigenvalue weighted by molar-refractivity contribution is 0.0684. The highest BCUT2D eigenvalue weighted by Crippen LogP contribution is 2.41. The lowest BCUT2D eigenvalue weighted by Crippen LogP contribution is -2.46. The van der Waals surface area contributed by atoms with Crippen molar-refractivity contribution < 1.29 is 18.7 Å². The molecule has 6 rings (SSSR count). The summed E-state index contributed by atoms with van der Waals surface area (Å²) in [6.45, 7) is 9.66. The molecule has 1 atom stereocenters. The number of amides is 1. The van der Waals surface area contributed by atoms with Gasteiger partial charge in [0.05, 0.1) is 20.3 Å². The third-order valence-electron chi connectivity index (χ3n) is 9.58. The van der Waals surface area contributed by atoms with Gasteiger partial charge in [0, 0.05) is 62.1 Å². The molecular weight excluding hydrogens is 555 g/mol. The third-order valence-corrected chi connectivity index (χ3v) is 9.58. The number of rotatable bonds is 13. The highest BCUT2D eigenvalue weighted by atomic mass is 19.1. The molecule has 2 heterocycles. The second-order valence-corrected chi connectivity index (χ2v) is 12.3. The summed E-state index contributed by atoms with van der Waals surface area (Å²) in [5.41, 5.74) is 5.34. The molecule has 0 radical (unpaired) electrons. The van der Waals surface area contributed by atoms with E-state index >= 15 is 0 Å². The number of ether oxygens (including phenoxy) is 2. The van der Waals surface area contributed by atoms with Crippen LogP contribution >= 0.6 is 0 Å². The molecule has 0 bridgehead atoms. The van der Waals surface area contributed by atoms with Gasteiger partial charge in [-0.25, -0.2) is 4.39 Å². The number of carbonyl (C=O) groups excluding carboxylic acids is 1. The number of halogens is 1. The summed E-state index contributed by atoms with van der Waals surface area (Å²) in [5.74, 6) is 1.25. The van der Waals surface area contributed by atoms with Crippen LogP contribution < -0.4 is 14.4 Å². The highest BCUT2D eigenvalue weighted by Gasteiger charge is 2.37. The van der Waals surface area contributed by atoms with Gasteiger partial charge in [0.15, 0.2) is 11.5 Å². The van der Waals surface area contributed by atoms with E-state index in [2.05, 4.69) is 38.7 Å². The first-order valence-corrected chi connectivity index (χ1v) is 16.1. The summed E-state index contributed by atoms with van der Waals surface area (Å²) in [5, 5.41) is 0. The number of piperazine rings is 1. The second-order valence-electron chi connectivity index (χ2n) is 12.3. The van der Waals surface area contributed by atoms with Gasteiger partial charge in [-0.1, -0.05) is 31.2 Å². The maximum absolute atomic E-state index is 14.1. The molecule has 0 aromatic heterocycles. The molecule has 3 aromatic rings. The lowest BCUT2D eigenvalue weighted by Gasteiger charge is -2.36. The Kier molecular flexibility index (Phi) is 9.38. The number of carbonyl (C=O) groups is 1. The van der Waals surface area contributed by atoms with Crippen LogP contribution in [-0.2, 0) is 13.1 Å². The van der Waals surface area contributed by atoms with Crippen LogP contribution in [0.25, 0.3) is 0 Å². The Labute approximate surface area is 261 Å². The van der Waals surface area contributed by atoms with Crippen molar-refractivity contribution >= 4 is 11.6 Å². The zero-order valence-electron chi connectivity index (χ0n) is 26.3. The smallest absolute Gasteiger partial charge is 0.255 e. The molecule has 0 N–H and O–H groups in total. The molecule has 2 fully saturated rings. The Hall–Kier alpha value is -3.62. The molecule has 1 saturated heterocycles. The van der Waals surface area contributed by atoms with E-state index in [4.69, 9.17) is 9.47 Å². The van der Waals surface area contributed by atoms with Gasteiger partial charge in [0.1, 0.15) is 5.82 Å². The number of hydrogen-bond donors (Lipinski definition) is 0. The first-order chi connectivity index (χ1) is 21.5. The van der Waals surface area contributed by atoms with Crippen LogP contribution in [-0.4, -0.2) is 80.1 Å². The number of nitrogens with zero attached hydrogens (tertiary/aromatic N) is 4. The monoisotopic (exact) mass is 600 g/mol. The Morgan fingerprint density at radius 2 is 1.70 bits per heavy atom. The van der Waals surface area contributed by atoms with Crippen molar-refractivity contribution in [3.63, 3.8) is 0 Å². The van der Waals surface area contributed by atoms with E-state index in [0.717, 1.165) is 80.9 Å². The predicted molar refractivity (Wildman–Crippen MR) is 172 cm³/mol. The van der Waals surface area contributed by atoms with Gasteiger partial charge in [0.25, 0.3) is 5.91 Å². The molecule has 44 heavy (non-hydrogen) atoms. The standard InChI is InChI=1S/C36H45FN4O3/c1-4-38-19-21-39(22-20-38)33-8-5-7-30-31(33)25-41(36(30)42)32(27-12-17-34(43-2)35(23-27)44-3)9-6-18-40(29-15-16-29)24-26-10-13-28(37)14-11-26/h5,7-8,10-14,17,23,29,32H,4,6,9,15-16,18-22,24-25H2,1-3H3. The van der Waals surface area contributed by atoms with Crippen LogP contribution in [0, 0.1) is 5.82 Å². The molecule has 7 nitrogen and oxygen atoms in total. The molecule has 1 saturated carbocycles. The van der Waals surface area contributed by atoms with Crippen LogP contribution in [0.4, 0.5) is 10.1 Å². The van der Waals surface area contributed by atoms with Crippen LogP contribution in [0.3, 0.4) is 0 Å². The van der Waals surface area contributed by atoms with E-state index in [1.807, 2.05) is 36.4 Å². The van der Waals surface area contributed by atoms with Crippen molar-refractivity contribution in [1.82, 2.24) is 14.7 Å². The van der Waals surface area contributed by atoms with E-state index in [9.17, 15) is 9.18 Å². The Bertz CT molecular complexity index is 1440. The highest BCUT2D eigenvalue weighted by molar-refractivity contribution is 6.00. The maximum Gasteiger partial charge on any atom is 0.255 e. The van der Waals surface area contributed by atoms with Crippen LogP contribution in [0.2, 0.25) is 0 Å². The molecule has 1 amide bonds. The van der Waals surface area contributed by atoms with Gasteiger partial charge >= 0.3 is 0 Å². The minimum Gasteiger partial charge on any atom is -0.493 e. The summed E-state index contributed by atoms with van der Waals surface area (Å²) >= 11 is 0. The third kappa shape index (κ3) is 6.57. The van der Waals surface area contributed by atoms with E-state index in [-0.39, 0.29) is 17.8 Å². The zero-order chi connectivity index (χ0) is 30.6. The molecule has 1 unspecified atom stereocenters. The first-order valence-electron chi connectivity index (χ1n) is 16.1. The minimum atomic E-state index is -0.202. The van der Waals surface area contributed by atoms with Crippen molar-refractivity contribution in [3.05, 3.63) is 88.7 Å². The molecule has 8 heteroatoms. The molecule has 3 aliphatic rings. The number of benzene rings is 3. The van der Waals surface area contributed by atoms with Gasteiger partial charge in [-0.15, -0.1) is 0 Å². The van der Waals surface area contributed by atoms with Gasteiger partial charge in [-0.3, -0.25) is 9.69 Å². The van der Waals surface area contributed by atoms with Gasteiger partial charge in [-0.05, 0) is 86.3 Å². The lowest BCUT2D eigenvalue weighted by atomic mass is 9.99. The Morgan fingerprint density at radius 1 is 0.955 bits per heavy atom. The molecule has 2 aliphatic heterocycles. The van der Waals surface area contributed by atoms with E-state index in [0.29, 0.717) is 24.1 Å². The van der Waals surface area contributed by atoms with Crippen molar-refractivity contribution in [3.8, 4) is 11.5 Å². The fourth-order valence-corrected chi connectivity index (χ4v) is 6.90. The van der Waals surface area contributed by atoms with Crippen LogP contribution in [0.15, 0.2) is 60.7 Å². The normalized spacial score (nSPS) is 17.7. The SMILES string of the molecule is CCN1CCN(c2cccc3c2CN(C(CCCN(Cc2ccc(F)cc2)C2CC2)c2ccc(OC)c(OC)c2)C3=O)CC1. The molecule has 234 valence electrons. The van der Waals surface area contributed by atoms with Gasteiger partial charge in [0.2, 0.25) is 0 Å². The summed E-state index contributed by atoms with van der Waals surface area (Å²) in [6, 6.07) is 19.6. The molecular formula is C36H45FN4O3. The van der Waals surface area contributed by atoms with Crippen molar-refractivity contribution in [2.45, 2.75) is 57.8 Å². The Morgan fingerprint density at radius 3 is 2.39 bits per heavy atom.